The third-order valence-electron chi connectivity index (χ3n) is 6.25. The number of likely N-dealkylation sites (tertiary alicyclic amines) is 3. The molecule has 3 saturated heterocycles. The molecule has 3 fully saturated rings. The van der Waals surface area contributed by atoms with Gasteiger partial charge in [0.2, 0.25) is 5.91 Å². The van der Waals surface area contributed by atoms with Crippen LogP contribution in [0.3, 0.4) is 0 Å². The van der Waals surface area contributed by atoms with Crippen LogP contribution in [0, 0.1) is 5.92 Å². The molecule has 0 bridgehead atoms. The Morgan fingerprint density at radius 2 is 1.71 bits per heavy atom. The van der Waals surface area contributed by atoms with Crippen LogP contribution < -0.4 is 0 Å². The van der Waals surface area contributed by atoms with Crippen molar-refractivity contribution >= 4 is 5.91 Å². The fourth-order valence-corrected chi connectivity index (χ4v) is 4.67. The number of hydrogen-bond donors (Lipinski definition) is 1. The highest BCUT2D eigenvalue weighted by atomic mass is 16.3. The van der Waals surface area contributed by atoms with Crippen LogP contribution >= 0.6 is 0 Å². The number of nitrogens with zero attached hydrogens (tertiary/aromatic N) is 3. The maximum atomic E-state index is 12.0. The van der Waals surface area contributed by atoms with E-state index in [9.17, 15) is 9.90 Å². The van der Waals surface area contributed by atoms with E-state index in [4.69, 9.17) is 0 Å². The van der Waals surface area contributed by atoms with Crippen molar-refractivity contribution in [3.05, 3.63) is 0 Å². The summed E-state index contributed by atoms with van der Waals surface area (Å²) in [5, 5.41) is 9.67. The number of carbonyl (C=O) groups is 1. The first-order valence-corrected chi connectivity index (χ1v) is 9.97. The predicted octanol–water partition coefficient (Wildman–Crippen LogP) is 1.55. The second-order valence-corrected chi connectivity index (χ2v) is 8.34. The van der Waals surface area contributed by atoms with Gasteiger partial charge in [-0.25, -0.2) is 0 Å². The van der Waals surface area contributed by atoms with Gasteiger partial charge in [-0.05, 0) is 65.0 Å². The van der Waals surface area contributed by atoms with Crippen LogP contribution in [0.4, 0.5) is 0 Å². The van der Waals surface area contributed by atoms with Gasteiger partial charge in [0.25, 0.3) is 0 Å². The molecule has 0 aliphatic carbocycles. The lowest BCUT2D eigenvalue weighted by Crippen LogP contribution is -2.51. The highest BCUT2D eigenvalue weighted by Gasteiger charge is 2.31. The molecule has 1 unspecified atom stereocenters. The Bertz CT molecular complexity index is 413. The fourth-order valence-electron chi connectivity index (χ4n) is 4.67. The summed E-state index contributed by atoms with van der Waals surface area (Å²) in [6.07, 6.45) is 6.13. The average molecular weight is 338 g/mol. The van der Waals surface area contributed by atoms with E-state index in [1.165, 1.54) is 25.9 Å². The van der Waals surface area contributed by atoms with Crippen LogP contribution in [-0.4, -0.2) is 83.2 Å². The third-order valence-corrected chi connectivity index (χ3v) is 6.25. The van der Waals surface area contributed by atoms with E-state index >= 15 is 0 Å². The molecule has 3 aliphatic heterocycles. The Morgan fingerprint density at radius 1 is 1.04 bits per heavy atom. The van der Waals surface area contributed by atoms with Gasteiger partial charge in [-0.3, -0.25) is 4.79 Å². The van der Waals surface area contributed by atoms with Gasteiger partial charge in [0.15, 0.2) is 0 Å². The molecule has 0 aromatic carbocycles. The minimum absolute atomic E-state index is 0.0701. The van der Waals surface area contributed by atoms with Crippen molar-refractivity contribution in [1.29, 1.82) is 0 Å². The van der Waals surface area contributed by atoms with Gasteiger partial charge in [-0.15, -0.1) is 0 Å². The zero-order valence-corrected chi connectivity index (χ0v) is 15.5. The second-order valence-electron chi connectivity index (χ2n) is 8.34. The van der Waals surface area contributed by atoms with Crippen LogP contribution in [0.5, 0.6) is 0 Å². The van der Waals surface area contributed by atoms with Crippen molar-refractivity contribution in [2.24, 2.45) is 5.92 Å². The maximum absolute atomic E-state index is 12.0. The van der Waals surface area contributed by atoms with E-state index < -0.39 is 0 Å². The molecule has 5 heteroatoms. The summed E-state index contributed by atoms with van der Waals surface area (Å²) in [6, 6.07) is 1.05. The molecule has 24 heavy (non-hydrogen) atoms. The van der Waals surface area contributed by atoms with Crippen LogP contribution in [0.25, 0.3) is 0 Å². The molecule has 3 aliphatic rings. The summed E-state index contributed by atoms with van der Waals surface area (Å²) in [5.41, 5.74) is 0. The molecule has 0 spiro atoms. The highest BCUT2D eigenvalue weighted by molar-refractivity contribution is 5.77. The predicted molar refractivity (Wildman–Crippen MR) is 95.8 cm³/mol. The lowest BCUT2D eigenvalue weighted by Gasteiger charge is -2.43. The van der Waals surface area contributed by atoms with Gasteiger partial charge in [-0.1, -0.05) is 0 Å². The Morgan fingerprint density at radius 3 is 2.33 bits per heavy atom. The van der Waals surface area contributed by atoms with Crippen molar-refractivity contribution < 1.29 is 9.90 Å². The quantitative estimate of drug-likeness (QED) is 0.846. The summed E-state index contributed by atoms with van der Waals surface area (Å²) in [7, 11) is 0. The van der Waals surface area contributed by atoms with Gasteiger partial charge in [0, 0.05) is 44.7 Å². The standard InChI is InChI=1S/C19H35N3O2/c1-15(2)22-14-16(3-4-19(22)24)13-20-9-5-17(6-10-20)21-11-7-18(23)8-12-21/h15-18,23H,3-14H2,1-2H3. The van der Waals surface area contributed by atoms with E-state index in [1.54, 1.807) is 0 Å². The zero-order chi connectivity index (χ0) is 17.1. The first kappa shape index (κ1) is 18.2. The molecule has 0 aromatic rings. The first-order valence-electron chi connectivity index (χ1n) is 9.97. The average Bonchev–Trinajstić information content (AvgIpc) is 2.58. The van der Waals surface area contributed by atoms with Crippen molar-refractivity contribution in [3.63, 3.8) is 0 Å². The number of amides is 1. The number of carbonyl (C=O) groups excluding carboxylic acids is 1. The number of piperidine rings is 3. The normalized spacial score (nSPS) is 29.6. The summed E-state index contributed by atoms with van der Waals surface area (Å²) < 4.78 is 0. The molecular weight excluding hydrogens is 302 g/mol. The van der Waals surface area contributed by atoms with Crippen molar-refractivity contribution in [2.45, 2.75) is 70.6 Å². The monoisotopic (exact) mass is 337 g/mol. The van der Waals surface area contributed by atoms with E-state index in [-0.39, 0.29) is 6.10 Å². The zero-order valence-electron chi connectivity index (χ0n) is 15.5. The fraction of sp³-hybridized carbons (Fsp3) is 0.947. The van der Waals surface area contributed by atoms with Crippen LogP contribution in [0.2, 0.25) is 0 Å². The lowest BCUT2D eigenvalue weighted by atomic mass is 9.94. The van der Waals surface area contributed by atoms with Crippen LogP contribution in [-0.2, 0) is 4.79 Å². The molecule has 3 heterocycles. The molecule has 3 rings (SSSR count). The molecule has 0 aromatic heterocycles. The van der Waals surface area contributed by atoms with E-state index in [1.807, 2.05) is 0 Å². The Labute approximate surface area is 147 Å². The topological polar surface area (TPSA) is 47.0 Å². The molecule has 1 amide bonds. The highest BCUT2D eigenvalue weighted by Crippen LogP contribution is 2.24. The smallest absolute Gasteiger partial charge is 0.222 e. The maximum Gasteiger partial charge on any atom is 0.222 e. The summed E-state index contributed by atoms with van der Waals surface area (Å²) in [5.74, 6) is 0.985. The number of aliphatic hydroxyl groups is 1. The number of rotatable bonds is 4. The SMILES string of the molecule is CC(C)N1CC(CN2CCC(N3CCC(O)CC3)CC2)CCC1=O. The van der Waals surface area contributed by atoms with Crippen LogP contribution in [0.1, 0.15) is 52.4 Å². The van der Waals surface area contributed by atoms with Crippen molar-refractivity contribution in [2.75, 3.05) is 39.3 Å². The van der Waals surface area contributed by atoms with Gasteiger partial charge in [-0.2, -0.15) is 0 Å². The van der Waals surface area contributed by atoms with Gasteiger partial charge in [0.05, 0.1) is 6.10 Å². The van der Waals surface area contributed by atoms with Gasteiger partial charge < -0.3 is 19.8 Å². The van der Waals surface area contributed by atoms with Crippen molar-refractivity contribution in [3.8, 4) is 0 Å². The van der Waals surface area contributed by atoms with Crippen LogP contribution in [0.15, 0.2) is 0 Å². The van der Waals surface area contributed by atoms with E-state index in [0.717, 1.165) is 51.9 Å². The molecule has 0 radical (unpaired) electrons. The third kappa shape index (κ3) is 4.50. The van der Waals surface area contributed by atoms with Gasteiger partial charge >= 0.3 is 0 Å². The minimum atomic E-state index is -0.0701. The Hall–Kier alpha value is -0.650. The Balaban J connectivity index is 1.41. The molecule has 1 N–H and O–H groups in total. The molecular formula is C19H35N3O2. The minimum Gasteiger partial charge on any atom is -0.393 e. The molecule has 1 atom stereocenters. The Kier molecular flexibility index (Phi) is 6.17. The lowest BCUT2D eigenvalue weighted by molar-refractivity contribution is -0.137. The second kappa shape index (κ2) is 8.15. The summed E-state index contributed by atoms with van der Waals surface area (Å²) in [6.45, 7) is 10.9. The largest absolute Gasteiger partial charge is 0.393 e. The number of hydrogen-bond acceptors (Lipinski definition) is 4. The van der Waals surface area contributed by atoms with Crippen molar-refractivity contribution in [1.82, 2.24) is 14.7 Å². The molecule has 138 valence electrons. The van der Waals surface area contributed by atoms with E-state index in [0.29, 0.717) is 23.9 Å². The summed E-state index contributed by atoms with van der Waals surface area (Å²) >= 11 is 0. The number of aliphatic hydroxyl groups excluding tert-OH is 1. The molecule has 0 saturated carbocycles. The molecule has 5 nitrogen and oxygen atoms in total. The summed E-state index contributed by atoms with van der Waals surface area (Å²) in [4.78, 5) is 19.3. The first-order chi connectivity index (χ1) is 11.5. The van der Waals surface area contributed by atoms with Gasteiger partial charge in [0.1, 0.15) is 0 Å². The van der Waals surface area contributed by atoms with E-state index in [2.05, 4.69) is 28.5 Å².